The van der Waals surface area contributed by atoms with E-state index in [4.69, 9.17) is 9.47 Å². The molecule has 1 aromatic rings. The molecule has 0 amide bonds. The fourth-order valence-electron chi connectivity index (χ4n) is 1.78. The number of nitrogens with zero attached hydrogens (tertiary/aromatic N) is 1. The molecule has 4 nitrogen and oxygen atoms in total. The molecule has 1 aromatic heterocycles. The molecule has 86 valence electrons. The van der Waals surface area contributed by atoms with Crippen LogP contribution in [0.1, 0.15) is 24.8 Å². The summed E-state index contributed by atoms with van der Waals surface area (Å²) < 4.78 is 10.8. The van der Waals surface area contributed by atoms with Crippen molar-refractivity contribution in [1.29, 1.82) is 0 Å². The van der Waals surface area contributed by atoms with Crippen molar-refractivity contribution in [3.8, 4) is 0 Å². The van der Waals surface area contributed by atoms with Gasteiger partial charge in [-0.25, -0.2) is 4.98 Å². The number of hydrogen-bond donors (Lipinski definition) is 1. The smallest absolute Gasteiger partial charge is 0.201 e. The monoisotopic (exact) mass is 220 g/mol. The molecule has 2 fully saturated rings. The summed E-state index contributed by atoms with van der Waals surface area (Å²) in [5.41, 5.74) is 0.860. The van der Waals surface area contributed by atoms with Crippen LogP contribution >= 0.6 is 0 Å². The summed E-state index contributed by atoms with van der Waals surface area (Å²) in [5.74, 6) is 1.77. The predicted molar refractivity (Wildman–Crippen MR) is 60.1 cm³/mol. The molecule has 0 aromatic carbocycles. The average molecular weight is 220 g/mol. The molecule has 16 heavy (non-hydrogen) atoms. The standard InChI is InChI=1S/C12H16N2O2/c1-2-10(12-15-6-7-16-12)14-11(3-1)13-8-9-4-5-9/h1-3,9,12H,4-8H2,(H,13,14). The number of nitrogens with one attached hydrogen (secondary N) is 1. The van der Waals surface area contributed by atoms with E-state index in [0.29, 0.717) is 13.2 Å². The Kier molecular flexibility index (Phi) is 2.76. The SMILES string of the molecule is c1cc(NCC2CC2)nc(C2OCCO2)c1. The molecule has 1 saturated carbocycles. The van der Waals surface area contributed by atoms with Crippen LogP contribution in [0.3, 0.4) is 0 Å². The van der Waals surface area contributed by atoms with Crippen molar-refractivity contribution in [2.45, 2.75) is 19.1 Å². The van der Waals surface area contributed by atoms with E-state index in [2.05, 4.69) is 10.3 Å². The summed E-state index contributed by atoms with van der Waals surface area (Å²) in [6.45, 7) is 2.35. The first-order chi connectivity index (χ1) is 7.92. The van der Waals surface area contributed by atoms with E-state index in [1.807, 2.05) is 18.2 Å². The van der Waals surface area contributed by atoms with Crippen LogP contribution in [0.25, 0.3) is 0 Å². The minimum Gasteiger partial charge on any atom is -0.370 e. The lowest BCUT2D eigenvalue weighted by Gasteiger charge is -2.10. The first-order valence-electron chi connectivity index (χ1n) is 5.86. The summed E-state index contributed by atoms with van der Waals surface area (Å²) in [7, 11) is 0. The molecule has 1 aliphatic heterocycles. The Morgan fingerprint density at radius 3 is 2.81 bits per heavy atom. The zero-order valence-electron chi connectivity index (χ0n) is 9.19. The first-order valence-corrected chi connectivity index (χ1v) is 5.86. The van der Waals surface area contributed by atoms with E-state index in [1.165, 1.54) is 12.8 Å². The van der Waals surface area contributed by atoms with Gasteiger partial charge in [0.15, 0.2) is 0 Å². The molecule has 0 bridgehead atoms. The van der Waals surface area contributed by atoms with Gasteiger partial charge >= 0.3 is 0 Å². The molecule has 1 saturated heterocycles. The lowest BCUT2D eigenvalue weighted by molar-refractivity contribution is -0.0471. The maximum Gasteiger partial charge on any atom is 0.201 e. The van der Waals surface area contributed by atoms with E-state index < -0.39 is 0 Å². The zero-order valence-corrected chi connectivity index (χ0v) is 9.19. The van der Waals surface area contributed by atoms with Crippen LogP contribution in [0.4, 0.5) is 5.82 Å². The Bertz CT molecular complexity index is 360. The minimum absolute atomic E-state index is 0.275. The van der Waals surface area contributed by atoms with E-state index in [-0.39, 0.29) is 6.29 Å². The number of pyridine rings is 1. The topological polar surface area (TPSA) is 43.4 Å². The Hall–Kier alpha value is -1.13. The van der Waals surface area contributed by atoms with Crippen LogP contribution in [0.15, 0.2) is 18.2 Å². The van der Waals surface area contributed by atoms with Gasteiger partial charge in [-0.15, -0.1) is 0 Å². The van der Waals surface area contributed by atoms with Gasteiger partial charge < -0.3 is 14.8 Å². The maximum atomic E-state index is 5.42. The molecular weight excluding hydrogens is 204 g/mol. The summed E-state index contributed by atoms with van der Waals surface area (Å²) in [6, 6.07) is 5.92. The first kappa shape index (κ1) is 10.1. The summed E-state index contributed by atoms with van der Waals surface area (Å²) in [4.78, 5) is 4.49. The normalized spacial score (nSPS) is 21.2. The highest BCUT2D eigenvalue weighted by Crippen LogP contribution is 2.29. The van der Waals surface area contributed by atoms with Crippen LogP contribution in [-0.4, -0.2) is 24.7 Å². The van der Waals surface area contributed by atoms with Crippen LogP contribution in [0, 0.1) is 5.92 Å². The Morgan fingerprint density at radius 2 is 2.06 bits per heavy atom. The lowest BCUT2D eigenvalue weighted by atomic mass is 10.3. The molecule has 3 rings (SSSR count). The summed E-state index contributed by atoms with van der Waals surface area (Å²) in [5, 5.41) is 3.35. The molecule has 4 heteroatoms. The third-order valence-electron chi connectivity index (χ3n) is 2.90. The van der Waals surface area contributed by atoms with Gasteiger partial charge in [0.25, 0.3) is 0 Å². The summed E-state index contributed by atoms with van der Waals surface area (Å²) in [6.07, 6.45) is 2.42. The highest BCUT2D eigenvalue weighted by atomic mass is 16.7. The van der Waals surface area contributed by atoms with Crippen molar-refractivity contribution in [3.05, 3.63) is 23.9 Å². The average Bonchev–Trinajstić information content (AvgIpc) is 2.99. The number of hydrogen-bond acceptors (Lipinski definition) is 4. The molecule has 0 unspecified atom stereocenters. The second-order valence-corrected chi connectivity index (χ2v) is 4.35. The zero-order chi connectivity index (χ0) is 10.8. The van der Waals surface area contributed by atoms with E-state index in [9.17, 15) is 0 Å². The molecular formula is C12H16N2O2. The highest BCUT2D eigenvalue weighted by molar-refractivity contribution is 5.35. The third-order valence-corrected chi connectivity index (χ3v) is 2.90. The maximum absolute atomic E-state index is 5.42. The minimum atomic E-state index is -0.275. The van der Waals surface area contributed by atoms with Crippen LogP contribution in [-0.2, 0) is 9.47 Å². The third kappa shape index (κ3) is 2.33. The molecule has 2 heterocycles. The van der Waals surface area contributed by atoms with Gasteiger partial charge in [-0.1, -0.05) is 6.07 Å². The van der Waals surface area contributed by atoms with Crippen molar-refractivity contribution in [3.63, 3.8) is 0 Å². The number of ether oxygens (including phenoxy) is 2. The van der Waals surface area contributed by atoms with Gasteiger partial charge in [-0.3, -0.25) is 0 Å². The van der Waals surface area contributed by atoms with Crippen molar-refractivity contribution in [1.82, 2.24) is 4.98 Å². The van der Waals surface area contributed by atoms with Crippen LogP contribution in [0.5, 0.6) is 0 Å². The van der Waals surface area contributed by atoms with Crippen molar-refractivity contribution in [2.24, 2.45) is 5.92 Å². The van der Waals surface area contributed by atoms with Gasteiger partial charge in [-0.05, 0) is 30.9 Å². The van der Waals surface area contributed by atoms with Crippen molar-refractivity contribution < 1.29 is 9.47 Å². The van der Waals surface area contributed by atoms with E-state index in [0.717, 1.165) is 24.0 Å². The fraction of sp³-hybridized carbons (Fsp3) is 0.583. The number of anilines is 1. The highest BCUT2D eigenvalue weighted by Gasteiger charge is 2.22. The largest absolute Gasteiger partial charge is 0.370 e. The quantitative estimate of drug-likeness (QED) is 0.842. The molecule has 1 N–H and O–H groups in total. The molecule has 0 spiro atoms. The van der Waals surface area contributed by atoms with Gasteiger partial charge in [0, 0.05) is 6.54 Å². The molecule has 2 aliphatic rings. The Morgan fingerprint density at radius 1 is 1.25 bits per heavy atom. The second-order valence-electron chi connectivity index (χ2n) is 4.35. The number of aromatic nitrogens is 1. The van der Waals surface area contributed by atoms with E-state index >= 15 is 0 Å². The van der Waals surface area contributed by atoms with Crippen molar-refractivity contribution in [2.75, 3.05) is 25.1 Å². The molecule has 0 atom stereocenters. The van der Waals surface area contributed by atoms with Gasteiger partial charge in [0.2, 0.25) is 6.29 Å². The van der Waals surface area contributed by atoms with Crippen molar-refractivity contribution >= 4 is 5.82 Å². The summed E-state index contributed by atoms with van der Waals surface area (Å²) >= 11 is 0. The number of rotatable bonds is 4. The fourth-order valence-corrected chi connectivity index (χ4v) is 1.78. The molecule has 0 radical (unpaired) electrons. The Balaban J connectivity index is 1.65. The second kappa shape index (κ2) is 4.39. The van der Waals surface area contributed by atoms with Crippen LogP contribution in [0.2, 0.25) is 0 Å². The lowest BCUT2D eigenvalue weighted by Crippen LogP contribution is -2.07. The van der Waals surface area contributed by atoms with Gasteiger partial charge in [-0.2, -0.15) is 0 Å². The van der Waals surface area contributed by atoms with Crippen LogP contribution < -0.4 is 5.32 Å². The predicted octanol–water partition coefficient (Wildman–Crippen LogP) is 1.95. The Labute approximate surface area is 95.0 Å². The van der Waals surface area contributed by atoms with Gasteiger partial charge in [0.1, 0.15) is 5.82 Å². The molecule has 1 aliphatic carbocycles. The van der Waals surface area contributed by atoms with Gasteiger partial charge in [0.05, 0.1) is 18.9 Å². The van der Waals surface area contributed by atoms with E-state index in [1.54, 1.807) is 0 Å².